The number of hydrogen-bond acceptors (Lipinski definition) is 6. The van der Waals surface area contributed by atoms with Crippen molar-refractivity contribution >= 4 is 28.5 Å². The maximum atomic E-state index is 14.2. The van der Waals surface area contributed by atoms with E-state index in [4.69, 9.17) is 9.47 Å². The van der Waals surface area contributed by atoms with Crippen molar-refractivity contribution in [3.05, 3.63) is 77.9 Å². The molecule has 1 aromatic heterocycles. The molecule has 1 heterocycles. The summed E-state index contributed by atoms with van der Waals surface area (Å²) >= 11 is 0. The normalized spacial score (nSPS) is 11.8. The van der Waals surface area contributed by atoms with Crippen molar-refractivity contribution in [2.24, 2.45) is 5.92 Å². The van der Waals surface area contributed by atoms with Crippen LogP contribution in [0.3, 0.4) is 0 Å². The molecule has 2 amide bonds. The minimum absolute atomic E-state index is 0.114. The van der Waals surface area contributed by atoms with Gasteiger partial charge in [-0.25, -0.2) is 4.68 Å². The first-order chi connectivity index (χ1) is 18.8. The molecule has 9 heteroatoms. The lowest BCUT2D eigenvalue weighted by Gasteiger charge is -2.33. The summed E-state index contributed by atoms with van der Waals surface area (Å²) in [4.78, 5) is 29.8. The standard InChI is InChI=1S/C30H35N5O4/c1-20(2)17-18-31-30(37)28(22-12-10-16-26(38-4)29(22)39-5)35(24-14-8-6-11-21(24)3)27(36)19-34-25-15-9-7-13-23(25)32-33-34/h6-16,20,28H,17-19H2,1-5H3,(H,31,37)/t28-/m0/s1. The highest BCUT2D eigenvalue weighted by Gasteiger charge is 2.36. The Morgan fingerprint density at radius 3 is 2.44 bits per heavy atom. The molecule has 4 aromatic rings. The third kappa shape index (κ3) is 6.03. The zero-order valence-corrected chi connectivity index (χ0v) is 23.0. The van der Waals surface area contributed by atoms with Gasteiger partial charge in [0.15, 0.2) is 11.5 Å². The van der Waals surface area contributed by atoms with Crippen molar-refractivity contribution in [1.29, 1.82) is 0 Å². The van der Waals surface area contributed by atoms with Gasteiger partial charge in [-0.05, 0) is 49.1 Å². The smallest absolute Gasteiger partial charge is 0.249 e. The Morgan fingerprint density at radius 1 is 0.974 bits per heavy atom. The van der Waals surface area contributed by atoms with Crippen molar-refractivity contribution in [2.75, 3.05) is 25.7 Å². The SMILES string of the molecule is COc1cccc([C@@H](C(=O)NCCC(C)C)N(C(=O)Cn2nnc3ccccc32)c2ccccc2C)c1OC. The van der Waals surface area contributed by atoms with Crippen LogP contribution in [0.2, 0.25) is 0 Å². The number of hydrogen-bond donors (Lipinski definition) is 1. The third-order valence-electron chi connectivity index (χ3n) is 6.60. The summed E-state index contributed by atoms with van der Waals surface area (Å²) in [5.41, 5.74) is 3.38. The van der Waals surface area contributed by atoms with Gasteiger partial charge in [0.1, 0.15) is 18.1 Å². The number of amides is 2. The fourth-order valence-corrected chi connectivity index (χ4v) is 4.60. The van der Waals surface area contributed by atoms with Crippen LogP contribution in [-0.4, -0.2) is 47.6 Å². The van der Waals surface area contributed by atoms with E-state index in [-0.39, 0.29) is 18.4 Å². The lowest BCUT2D eigenvalue weighted by atomic mass is 9.99. The molecule has 9 nitrogen and oxygen atoms in total. The van der Waals surface area contributed by atoms with Crippen LogP contribution < -0.4 is 19.7 Å². The van der Waals surface area contributed by atoms with Crippen LogP contribution in [0.5, 0.6) is 11.5 Å². The molecule has 0 radical (unpaired) electrons. The Kier molecular flexibility index (Phi) is 8.81. The second-order valence-corrected chi connectivity index (χ2v) is 9.74. The first-order valence-electron chi connectivity index (χ1n) is 13.0. The van der Waals surface area contributed by atoms with E-state index in [1.54, 1.807) is 30.0 Å². The molecular weight excluding hydrogens is 494 g/mol. The van der Waals surface area contributed by atoms with Crippen LogP contribution >= 0.6 is 0 Å². The van der Waals surface area contributed by atoms with Crippen LogP contribution in [0.1, 0.15) is 37.4 Å². The minimum Gasteiger partial charge on any atom is -0.493 e. The molecule has 0 aliphatic rings. The number of aromatic nitrogens is 3. The van der Waals surface area contributed by atoms with E-state index in [0.29, 0.717) is 40.7 Å². The van der Waals surface area contributed by atoms with Crippen LogP contribution in [0.4, 0.5) is 5.69 Å². The summed E-state index contributed by atoms with van der Waals surface area (Å²) in [6, 6.07) is 19.3. The Hall–Kier alpha value is -4.40. The fourth-order valence-electron chi connectivity index (χ4n) is 4.60. The topological polar surface area (TPSA) is 98.6 Å². The first kappa shape index (κ1) is 27.6. The average molecular weight is 530 g/mol. The lowest BCUT2D eigenvalue weighted by molar-refractivity contribution is -0.127. The highest BCUT2D eigenvalue weighted by molar-refractivity contribution is 6.02. The molecule has 4 rings (SSSR count). The van der Waals surface area contributed by atoms with Crippen molar-refractivity contribution in [2.45, 2.75) is 39.8 Å². The summed E-state index contributed by atoms with van der Waals surface area (Å²) in [6.45, 7) is 6.47. The van der Waals surface area contributed by atoms with Gasteiger partial charge < -0.3 is 14.8 Å². The van der Waals surface area contributed by atoms with Crippen LogP contribution in [0.25, 0.3) is 11.0 Å². The number of nitrogens with one attached hydrogen (secondary N) is 1. The summed E-state index contributed by atoms with van der Waals surface area (Å²) in [6.07, 6.45) is 0.803. The Balaban J connectivity index is 1.86. The molecule has 39 heavy (non-hydrogen) atoms. The highest BCUT2D eigenvalue weighted by Crippen LogP contribution is 2.39. The third-order valence-corrected chi connectivity index (χ3v) is 6.60. The maximum absolute atomic E-state index is 14.2. The highest BCUT2D eigenvalue weighted by atomic mass is 16.5. The van der Waals surface area contributed by atoms with Crippen molar-refractivity contribution < 1.29 is 19.1 Å². The van der Waals surface area contributed by atoms with Crippen molar-refractivity contribution in [3.63, 3.8) is 0 Å². The molecule has 204 valence electrons. The lowest BCUT2D eigenvalue weighted by Crippen LogP contribution is -2.46. The molecule has 1 N–H and O–H groups in total. The maximum Gasteiger partial charge on any atom is 0.249 e. The number of ether oxygens (including phenoxy) is 2. The van der Waals surface area contributed by atoms with Gasteiger partial charge >= 0.3 is 0 Å². The number of benzene rings is 3. The van der Waals surface area contributed by atoms with Gasteiger partial charge in [0.05, 0.1) is 19.7 Å². The Bertz CT molecular complexity index is 1450. The van der Waals surface area contributed by atoms with Gasteiger partial charge in [0.25, 0.3) is 0 Å². The van der Waals surface area contributed by atoms with Crippen LogP contribution in [0.15, 0.2) is 66.7 Å². The Morgan fingerprint density at radius 2 is 1.72 bits per heavy atom. The van der Waals surface area contributed by atoms with E-state index < -0.39 is 6.04 Å². The molecule has 0 fully saturated rings. The number of fused-ring (bicyclic) bond motifs is 1. The van der Waals surface area contributed by atoms with E-state index in [2.05, 4.69) is 29.5 Å². The number of anilines is 1. The number of nitrogens with zero attached hydrogens (tertiary/aromatic N) is 4. The van der Waals surface area contributed by atoms with Gasteiger partial charge in [0, 0.05) is 17.8 Å². The number of methoxy groups -OCH3 is 2. The predicted octanol–water partition coefficient (Wildman–Crippen LogP) is 4.69. The molecule has 0 aliphatic heterocycles. The summed E-state index contributed by atoms with van der Waals surface area (Å²) in [5, 5.41) is 11.5. The Labute approximate surface area is 228 Å². The molecule has 0 saturated carbocycles. The first-order valence-corrected chi connectivity index (χ1v) is 13.0. The summed E-state index contributed by atoms with van der Waals surface area (Å²) in [5.74, 6) is 0.622. The van der Waals surface area contributed by atoms with E-state index in [1.807, 2.05) is 55.5 Å². The van der Waals surface area contributed by atoms with E-state index in [1.165, 1.54) is 12.0 Å². The number of aryl methyl sites for hydroxylation is 1. The second-order valence-electron chi connectivity index (χ2n) is 9.74. The molecule has 0 bridgehead atoms. The van der Waals surface area contributed by atoms with Crippen molar-refractivity contribution in [3.8, 4) is 11.5 Å². The second kappa shape index (κ2) is 12.4. The zero-order chi connectivity index (χ0) is 27.9. The number of para-hydroxylation sites is 3. The average Bonchev–Trinajstić information content (AvgIpc) is 3.34. The fraction of sp³-hybridized carbons (Fsp3) is 0.333. The number of rotatable bonds is 11. The molecule has 0 saturated heterocycles. The monoisotopic (exact) mass is 529 g/mol. The molecule has 0 aliphatic carbocycles. The number of carbonyl (C=O) groups excluding carboxylic acids is 2. The summed E-state index contributed by atoms with van der Waals surface area (Å²) < 4.78 is 12.8. The largest absolute Gasteiger partial charge is 0.493 e. The van der Waals surface area contributed by atoms with E-state index in [9.17, 15) is 9.59 Å². The van der Waals surface area contributed by atoms with E-state index in [0.717, 1.165) is 17.5 Å². The van der Waals surface area contributed by atoms with Gasteiger partial charge in [-0.15, -0.1) is 5.10 Å². The number of carbonyl (C=O) groups is 2. The van der Waals surface area contributed by atoms with Gasteiger partial charge in [-0.1, -0.05) is 61.5 Å². The molecule has 0 spiro atoms. The minimum atomic E-state index is -1.04. The molecular formula is C30H35N5O4. The zero-order valence-electron chi connectivity index (χ0n) is 23.0. The van der Waals surface area contributed by atoms with E-state index >= 15 is 0 Å². The van der Waals surface area contributed by atoms with Gasteiger partial charge in [0.2, 0.25) is 11.8 Å². The molecule has 3 aromatic carbocycles. The van der Waals surface area contributed by atoms with Crippen LogP contribution in [-0.2, 0) is 16.1 Å². The quantitative estimate of drug-likeness (QED) is 0.303. The van der Waals surface area contributed by atoms with Crippen molar-refractivity contribution in [1.82, 2.24) is 20.3 Å². The molecule has 1 atom stereocenters. The predicted molar refractivity (Wildman–Crippen MR) is 151 cm³/mol. The van der Waals surface area contributed by atoms with Gasteiger partial charge in [-0.3, -0.25) is 14.5 Å². The molecule has 0 unspecified atom stereocenters. The van der Waals surface area contributed by atoms with Gasteiger partial charge in [-0.2, -0.15) is 0 Å². The summed E-state index contributed by atoms with van der Waals surface area (Å²) in [7, 11) is 3.07. The van der Waals surface area contributed by atoms with Crippen LogP contribution in [0, 0.1) is 12.8 Å².